The molecule has 1 aliphatic heterocycles. The number of fused-ring (bicyclic) bond motifs is 1. The lowest BCUT2D eigenvalue weighted by molar-refractivity contribution is -0.146. The maximum absolute atomic E-state index is 13.3. The van der Waals surface area contributed by atoms with Gasteiger partial charge in [-0.15, -0.1) is 0 Å². The average Bonchev–Trinajstić information content (AvgIpc) is 3.62. The van der Waals surface area contributed by atoms with Crippen LogP contribution in [0.1, 0.15) is 74.0 Å². The topological polar surface area (TPSA) is 91.7 Å². The first-order valence-electron chi connectivity index (χ1n) is 13.1. The zero-order valence-corrected chi connectivity index (χ0v) is 22.3. The van der Waals surface area contributed by atoms with Crippen LogP contribution in [0, 0.1) is 0 Å². The molecule has 1 aliphatic rings. The van der Waals surface area contributed by atoms with Crippen LogP contribution in [0.4, 0.5) is 0 Å². The van der Waals surface area contributed by atoms with Crippen LogP contribution in [0.2, 0.25) is 0 Å². The fraction of sp³-hybridized carbons (Fsp3) is 0.212. The van der Waals surface area contributed by atoms with Gasteiger partial charge in [-0.3, -0.25) is 19.2 Å². The lowest BCUT2D eigenvalue weighted by atomic mass is 9.96. The molecule has 3 aromatic carbocycles. The van der Waals surface area contributed by atoms with Gasteiger partial charge in [-0.1, -0.05) is 66.7 Å². The molecule has 0 spiro atoms. The number of ether oxygens (including phenoxy) is 2. The third-order valence-electron chi connectivity index (χ3n) is 7.34. The van der Waals surface area contributed by atoms with Gasteiger partial charge in [-0.05, 0) is 48.7 Å². The molecule has 0 aliphatic carbocycles. The molecule has 4 aromatic rings. The summed E-state index contributed by atoms with van der Waals surface area (Å²) in [4.78, 5) is 51.1. The van der Waals surface area contributed by atoms with Gasteiger partial charge >= 0.3 is 11.9 Å². The molecule has 0 saturated heterocycles. The van der Waals surface area contributed by atoms with Crippen LogP contribution in [0.3, 0.4) is 0 Å². The Morgan fingerprint density at radius 1 is 0.825 bits per heavy atom. The number of carbonyl (C=O) groups is 4. The average molecular weight is 536 g/mol. The lowest BCUT2D eigenvalue weighted by Crippen LogP contribution is -2.14. The molecule has 202 valence electrons. The largest absolute Gasteiger partial charge is 0.469 e. The Balaban J connectivity index is 1.25. The highest BCUT2D eigenvalue weighted by molar-refractivity contribution is 6.09. The molecule has 0 bridgehead atoms. The van der Waals surface area contributed by atoms with Crippen LogP contribution >= 0.6 is 0 Å². The quantitative estimate of drug-likeness (QED) is 0.209. The Kier molecular flexibility index (Phi) is 7.73. The van der Waals surface area contributed by atoms with Crippen molar-refractivity contribution in [2.24, 2.45) is 0 Å². The second-order valence-corrected chi connectivity index (χ2v) is 9.84. The Hall–Kier alpha value is -4.78. The van der Waals surface area contributed by atoms with E-state index in [1.165, 1.54) is 7.11 Å². The summed E-state index contributed by atoms with van der Waals surface area (Å²) >= 11 is 0. The SMILES string of the molecule is COC(=O)C1CCn2c(C(=O)c3cccc(COC(=O)C(C)c4cccc(C(=O)c5ccccc5)c4)c3)ccc21. The number of nitrogens with zero attached hydrogens (tertiary/aromatic N) is 1. The standard InChI is InChI=1S/C33H29NO6/c1-21(24-11-7-13-26(19-24)30(35)23-9-4-3-5-10-23)32(37)40-20-22-8-6-12-25(18-22)31(36)29-15-14-28-27(33(38)39-2)16-17-34(28)29/h3-15,18-19,21,27H,16-17,20H2,1-2H3. The number of ketones is 2. The summed E-state index contributed by atoms with van der Waals surface area (Å²) in [5.41, 5.74) is 4.21. The highest BCUT2D eigenvalue weighted by atomic mass is 16.5. The zero-order chi connectivity index (χ0) is 28.2. The number of rotatable bonds is 9. The van der Waals surface area contributed by atoms with E-state index in [-0.39, 0.29) is 30.1 Å². The third kappa shape index (κ3) is 5.36. The van der Waals surface area contributed by atoms with Crippen LogP contribution in [0.5, 0.6) is 0 Å². The summed E-state index contributed by atoms with van der Waals surface area (Å²) in [5, 5.41) is 0. The van der Waals surface area contributed by atoms with Crippen molar-refractivity contribution in [3.05, 3.63) is 130 Å². The Morgan fingerprint density at radius 2 is 1.52 bits per heavy atom. The molecule has 2 unspecified atom stereocenters. The Labute approximate surface area is 232 Å². The van der Waals surface area contributed by atoms with Crippen LogP contribution in [0.15, 0.2) is 91.0 Å². The van der Waals surface area contributed by atoms with E-state index in [1.807, 2.05) is 22.8 Å². The molecular weight excluding hydrogens is 506 g/mol. The van der Waals surface area contributed by atoms with E-state index in [9.17, 15) is 19.2 Å². The summed E-state index contributed by atoms with van der Waals surface area (Å²) in [5.74, 6) is -1.96. The smallest absolute Gasteiger partial charge is 0.314 e. The van der Waals surface area contributed by atoms with Crippen molar-refractivity contribution in [2.75, 3.05) is 7.11 Å². The maximum atomic E-state index is 13.3. The third-order valence-corrected chi connectivity index (χ3v) is 7.34. The molecule has 2 heterocycles. The number of esters is 2. The summed E-state index contributed by atoms with van der Waals surface area (Å²) in [6.07, 6.45) is 0.598. The van der Waals surface area contributed by atoms with Gasteiger partial charge in [-0.25, -0.2) is 0 Å². The lowest BCUT2D eigenvalue weighted by Gasteiger charge is -2.13. The van der Waals surface area contributed by atoms with E-state index in [2.05, 4.69) is 0 Å². The number of hydrogen-bond acceptors (Lipinski definition) is 6. The number of benzene rings is 3. The van der Waals surface area contributed by atoms with Crippen LogP contribution in [-0.4, -0.2) is 35.2 Å². The second kappa shape index (κ2) is 11.5. The first-order valence-corrected chi connectivity index (χ1v) is 13.1. The van der Waals surface area contributed by atoms with Gasteiger partial charge in [0, 0.05) is 28.9 Å². The minimum absolute atomic E-state index is 0.00358. The molecule has 1 aromatic heterocycles. The molecule has 2 atom stereocenters. The molecule has 0 radical (unpaired) electrons. The van der Waals surface area contributed by atoms with Crippen molar-refractivity contribution in [1.29, 1.82) is 0 Å². The van der Waals surface area contributed by atoms with E-state index in [0.29, 0.717) is 46.5 Å². The minimum atomic E-state index is -0.584. The fourth-order valence-corrected chi connectivity index (χ4v) is 5.09. The van der Waals surface area contributed by atoms with E-state index >= 15 is 0 Å². The summed E-state index contributed by atoms with van der Waals surface area (Å²) in [6.45, 7) is 2.31. The maximum Gasteiger partial charge on any atom is 0.314 e. The number of aromatic nitrogens is 1. The van der Waals surface area contributed by atoms with Gasteiger partial charge in [0.05, 0.1) is 24.6 Å². The monoisotopic (exact) mass is 535 g/mol. The predicted molar refractivity (Wildman–Crippen MR) is 148 cm³/mol. The molecular formula is C33H29NO6. The van der Waals surface area contributed by atoms with Gasteiger partial charge in [0.1, 0.15) is 6.61 Å². The number of carbonyl (C=O) groups excluding carboxylic acids is 4. The molecule has 0 amide bonds. The van der Waals surface area contributed by atoms with Crippen LogP contribution < -0.4 is 0 Å². The first kappa shape index (κ1) is 26.8. The molecule has 5 rings (SSSR count). The second-order valence-electron chi connectivity index (χ2n) is 9.84. The van der Waals surface area contributed by atoms with E-state index in [1.54, 1.807) is 79.7 Å². The Bertz CT molecular complexity index is 1590. The summed E-state index contributed by atoms with van der Waals surface area (Å²) in [6, 6.07) is 26.5. The van der Waals surface area contributed by atoms with Gasteiger partial charge in [-0.2, -0.15) is 0 Å². The molecule has 0 saturated carbocycles. The first-order chi connectivity index (χ1) is 19.4. The van der Waals surface area contributed by atoms with E-state index < -0.39 is 11.9 Å². The molecule has 7 nitrogen and oxygen atoms in total. The van der Waals surface area contributed by atoms with Crippen molar-refractivity contribution < 1.29 is 28.7 Å². The van der Waals surface area contributed by atoms with Crippen molar-refractivity contribution in [3.63, 3.8) is 0 Å². The molecule has 0 N–H and O–H groups in total. The van der Waals surface area contributed by atoms with Gasteiger partial charge in [0.15, 0.2) is 5.78 Å². The van der Waals surface area contributed by atoms with Crippen LogP contribution in [0.25, 0.3) is 0 Å². The van der Waals surface area contributed by atoms with E-state index in [4.69, 9.17) is 9.47 Å². The Morgan fingerprint density at radius 3 is 2.27 bits per heavy atom. The van der Waals surface area contributed by atoms with Crippen LogP contribution in [-0.2, 0) is 32.2 Å². The summed E-state index contributed by atoms with van der Waals surface area (Å²) < 4.78 is 12.4. The fourth-order valence-electron chi connectivity index (χ4n) is 5.09. The normalized spacial score (nSPS) is 14.7. The molecule has 0 fully saturated rings. The van der Waals surface area contributed by atoms with Crippen molar-refractivity contribution >= 4 is 23.5 Å². The predicted octanol–water partition coefficient (Wildman–Crippen LogP) is 5.46. The zero-order valence-electron chi connectivity index (χ0n) is 22.3. The van der Waals surface area contributed by atoms with E-state index in [0.717, 1.165) is 5.69 Å². The minimum Gasteiger partial charge on any atom is -0.469 e. The highest BCUT2D eigenvalue weighted by Gasteiger charge is 2.32. The van der Waals surface area contributed by atoms with Gasteiger partial charge < -0.3 is 14.0 Å². The molecule has 40 heavy (non-hydrogen) atoms. The molecule has 7 heteroatoms. The number of methoxy groups -OCH3 is 1. The van der Waals surface area contributed by atoms with Gasteiger partial charge in [0.25, 0.3) is 0 Å². The van der Waals surface area contributed by atoms with Gasteiger partial charge in [0.2, 0.25) is 5.78 Å². The van der Waals surface area contributed by atoms with Crippen molar-refractivity contribution in [1.82, 2.24) is 4.57 Å². The van der Waals surface area contributed by atoms with Crippen molar-refractivity contribution in [3.8, 4) is 0 Å². The highest BCUT2D eigenvalue weighted by Crippen LogP contribution is 2.32. The number of hydrogen-bond donors (Lipinski definition) is 0. The van der Waals surface area contributed by atoms with Crippen molar-refractivity contribution in [2.45, 2.75) is 38.3 Å². The summed E-state index contributed by atoms with van der Waals surface area (Å²) in [7, 11) is 1.36.